The quantitative estimate of drug-likeness (QED) is 0.523. The van der Waals surface area contributed by atoms with E-state index in [0.717, 1.165) is 12.3 Å². The van der Waals surface area contributed by atoms with Crippen molar-refractivity contribution in [2.75, 3.05) is 0 Å². The first-order valence-corrected chi connectivity index (χ1v) is 5.25. The molecule has 0 rings (SSSR count). The van der Waals surface area contributed by atoms with E-state index in [1.807, 2.05) is 5.37 Å². The highest BCUT2D eigenvalue weighted by Gasteiger charge is 2.04. The standard InChI is InChI=1S/C10H20S/c1-3-5-7-10(6-4-2)8-9-11/h9-10H,3-8H2,1-2H3. The minimum atomic E-state index is 0.873. The van der Waals surface area contributed by atoms with E-state index in [4.69, 9.17) is 12.2 Å². The van der Waals surface area contributed by atoms with E-state index in [0.29, 0.717) is 0 Å². The van der Waals surface area contributed by atoms with Crippen LogP contribution < -0.4 is 0 Å². The fourth-order valence-electron chi connectivity index (χ4n) is 1.42. The van der Waals surface area contributed by atoms with Gasteiger partial charge in [-0.15, -0.1) is 0 Å². The van der Waals surface area contributed by atoms with Crippen LogP contribution in [0.3, 0.4) is 0 Å². The van der Waals surface area contributed by atoms with Gasteiger partial charge >= 0.3 is 0 Å². The van der Waals surface area contributed by atoms with Gasteiger partial charge in [-0.25, -0.2) is 0 Å². The highest BCUT2D eigenvalue weighted by molar-refractivity contribution is 7.78. The Balaban J connectivity index is 3.41. The van der Waals surface area contributed by atoms with Crippen LogP contribution in [0, 0.1) is 5.92 Å². The molecule has 11 heavy (non-hydrogen) atoms. The van der Waals surface area contributed by atoms with Crippen LogP contribution in [-0.4, -0.2) is 5.37 Å². The predicted molar refractivity (Wildman–Crippen MR) is 56.2 cm³/mol. The van der Waals surface area contributed by atoms with Crippen molar-refractivity contribution < 1.29 is 0 Å². The Kier molecular flexibility index (Phi) is 8.26. The van der Waals surface area contributed by atoms with E-state index in [2.05, 4.69) is 13.8 Å². The minimum Gasteiger partial charge on any atom is -0.0935 e. The molecule has 0 radical (unpaired) electrons. The number of thiocarbonyl (C=S) groups is 1. The van der Waals surface area contributed by atoms with Crippen molar-refractivity contribution in [3.05, 3.63) is 0 Å². The molecule has 0 bridgehead atoms. The zero-order valence-electron chi connectivity index (χ0n) is 7.81. The van der Waals surface area contributed by atoms with Gasteiger partial charge in [0.25, 0.3) is 0 Å². The second-order valence-electron chi connectivity index (χ2n) is 3.20. The molecule has 0 spiro atoms. The van der Waals surface area contributed by atoms with Crippen molar-refractivity contribution in [2.24, 2.45) is 5.92 Å². The number of rotatable bonds is 7. The van der Waals surface area contributed by atoms with E-state index in [1.165, 1.54) is 32.1 Å². The van der Waals surface area contributed by atoms with Crippen LogP contribution in [0.5, 0.6) is 0 Å². The van der Waals surface area contributed by atoms with Crippen molar-refractivity contribution in [1.82, 2.24) is 0 Å². The van der Waals surface area contributed by atoms with Gasteiger partial charge in [-0.1, -0.05) is 58.2 Å². The maximum Gasteiger partial charge on any atom is -0.0208 e. The molecule has 0 aliphatic carbocycles. The zero-order chi connectivity index (χ0) is 8.53. The molecule has 0 aromatic carbocycles. The second kappa shape index (κ2) is 8.19. The molecule has 0 aliphatic rings. The molecule has 0 saturated carbocycles. The van der Waals surface area contributed by atoms with Crippen LogP contribution in [-0.2, 0) is 0 Å². The molecule has 1 atom stereocenters. The average Bonchev–Trinajstić information content (AvgIpc) is 2.01. The molecule has 0 heterocycles. The van der Waals surface area contributed by atoms with Gasteiger partial charge in [0.1, 0.15) is 0 Å². The van der Waals surface area contributed by atoms with E-state index in [1.54, 1.807) is 0 Å². The summed E-state index contributed by atoms with van der Waals surface area (Å²) in [6.45, 7) is 4.50. The topological polar surface area (TPSA) is 0 Å². The van der Waals surface area contributed by atoms with Gasteiger partial charge in [0.05, 0.1) is 0 Å². The van der Waals surface area contributed by atoms with Crippen molar-refractivity contribution >= 4 is 17.6 Å². The Morgan fingerprint density at radius 2 is 1.91 bits per heavy atom. The third kappa shape index (κ3) is 6.49. The number of hydrogen-bond donors (Lipinski definition) is 0. The number of unbranched alkanes of at least 4 members (excludes halogenated alkanes) is 1. The summed E-state index contributed by atoms with van der Waals surface area (Å²) in [5.74, 6) is 0.873. The van der Waals surface area contributed by atoms with Gasteiger partial charge in [-0.3, -0.25) is 0 Å². The van der Waals surface area contributed by atoms with Gasteiger partial charge in [0.15, 0.2) is 0 Å². The molecule has 0 aromatic heterocycles. The summed E-state index contributed by atoms with van der Waals surface area (Å²) in [6, 6.07) is 0. The first-order valence-electron chi connectivity index (χ1n) is 4.78. The van der Waals surface area contributed by atoms with Crippen molar-refractivity contribution in [3.63, 3.8) is 0 Å². The van der Waals surface area contributed by atoms with Crippen LogP contribution in [0.15, 0.2) is 0 Å². The largest absolute Gasteiger partial charge is 0.0935 e. The molecule has 1 heteroatoms. The SMILES string of the molecule is CCCCC(CC=S)CCC. The fraction of sp³-hybridized carbons (Fsp3) is 0.900. The number of hydrogen-bond acceptors (Lipinski definition) is 1. The lowest BCUT2D eigenvalue weighted by Gasteiger charge is -2.11. The van der Waals surface area contributed by atoms with Gasteiger partial charge in [-0.2, -0.15) is 0 Å². The smallest absolute Gasteiger partial charge is 0.0208 e. The minimum absolute atomic E-state index is 0.873. The molecule has 0 N–H and O–H groups in total. The molecule has 0 saturated heterocycles. The summed E-state index contributed by atoms with van der Waals surface area (Å²) >= 11 is 4.87. The Morgan fingerprint density at radius 3 is 2.36 bits per heavy atom. The normalized spacial score (nSPS) is 12.9. The van der Waals surface area contributed by atoms with Crippen LogP contribution in [0.4, 0.5) is 0 Å². The average molecular weight is 172 g/mol. The van der Waals surface area contributed by atoms with Crippen LogP contribution in [0.25, 0.3) is 0 Å². The summed E-state index contributed by atoms with van der Waals surface area (Å²) in [5, 5.41) is 1.90. The van der Waals surface area contributed by atoms with Crippen molar-refractivity contribution in [3.8, 4) is 0 Å². The maximum atomic E-state index is 4.87. The lowest BCUT2D eigenvalue weighted by molar-refractivity contribution is 0.447. The molecule has 0 nitrogen and oxygen atoms in total. The van der Waals surface area contributed by atoms with E-state index < -0.39 is 0 Å². The van der Waals surface area contributed by atoms with E-state index in [9.17, 15) is 0 Å². The third-order valence-electron chi connectivity index (χ3n) is 2.09. The highest BCUT2D eigenvalue weighted by Crippen LogP contribution is 2.17. The Labute approximate surface area is 76.4 Å². The third-order valence-corrected chi connectivity index (χ3v) is 2.28. The van der Waals surface area contributed by atoms with Gasteiger partial charge in [0, 0.05) is 0 Å². The van der Waals surface area contributed by atoms with Gasteiger partial charge < -0.3 is 0 Å². The monoisotopic (exact) mass is 172 g/mol. The Hall–Kier alpha value is 0.0900. The Bertz CT molecular complexity index is 88.9. The lowest BCUT2D eigenvalue weighted by atomic mass is 9.95. The van der Waals surface area contributed by atoms with E-state index >= 15 is 0 Å². The first-order chi connectivity index (χ1) is 5.35. The summed E-state index contributed by atoms with van der Waals surface area (Å²) in [5.41, 5.74) is 0. The van der Waals surface area contributed by atoms with Gasteiger partial charge in [0.2, 0.25) is 0 Å². The van der Waals surface area contributed by atoms with Crippen molar-refractivity contribution in [2.45, 2.75) is 52.4 Å². The molecular weight excluding hydrogens is 152 g/mol. The zero-order valence-corrected chi connectivity index (χ0v) is 8.62. The van der Waals surface area contributed by atoms with Crippen LogP contribution in [0.1, 0.15) is 52.4 Å². The van der Waals surface area contributed by atoms with Crippen molar-refractivity contribution in [1.29, 1.82) is 0 Å². The van der Waals surface area contributed by atoms with Crippen LogP contribution >= 0.6 is 12.2 Å². The molecule has 0 aromatic rings. The summed E-state index contributed by atoms with van der Waals surface area (Å²) in [4.78, 5) is 0. The Morgan fingerprint density at radius 1 is 1.18 bits per heavy atom. The second-order valence-corrected chi connectivity index (χ2v) is 3.53. The highest BCUT2D eigenvalue weighted by atomic mass is 32.1. The molecule has 1 unspecified atom stereocenters. The summed E-state index contributed by atoms with van der Waals surface area (Å²) in [7, 11) is 0. The summed E-state index contributed by atoms with van der Waals surface area (Å²) in [6.07, 6.45) is 7.86. The van der Waals surface area contributed by atoms with Gasteiger partial charge in [-0.05, 0) is 17.7 Å². The molecule has 0 aliphatic heterocycles. The summed E-state index contributed by atoms with van der Waals surface area (Å²) < 4.78 is 0. The predicted octanol–water partition coefficient (Wildman–Crippen LogP) is 3.98. The van der Waals surface area contributed by atoms with E-state index in [-0.39, 0.29) is 0 Å². The lowest BCUT2D eigenvalue weighted by Crippen LogP contribution is -1.99. The molecule has 0 amide bonds. The maximum absolute atomic E-state index is 4.87. The molecule has 0 fully saturated rings. The van der Waals surface area contributed by atoms with Crippen LogP contribution in [0.2, 0.25) is 0 Å². The first kappa shape index (κ1) is 11.1. The molecular formula is C10H20S. The fourth-order valence-corrected chi connectivity index (χ4v) is 1.69. The molecule has 66 valence electrons.